The van der Waals surface area contributed by atoms with Crippen molar-refractivity contribution in [2.24, 2.45) is 0 Å². The number of hydrogen-bond donors (Lipinski definition) is 0. The van der Waals surface area contributed by atoms with E-state index in [4.69, 9.17) is 4.98 Å². The molecule has 2 nitrogen and oxygen atoms in total. The summed E-state index contributed by atoms with van der Waals surface area (Å²) in [6, 6.07) is 70.1. The largest absolute Gasteiger partial charge is 0.299 e. The van der Waals surface area contributed by atoms with Crippen LogP contribution in [0.5, 0.6) is 0 Å². The summed E-state index contributed by atoms with van der Waals surface area (Å²) in [4.78, 5) is 6.41. The molecule has 0 spiro atoms. The molecule has 0 saturated carbocycles. The Labute approximate surface area is 316 Å². The molecule has 0 saturated heterocycles. The third kappa shape index (κ3) is 4.90. The van der Waals surface area contributed by atoms with Crippen LogP contribution in [0.15, 0.2) is 194 Å². The summed E-state index contributed by atoms with van der Waals surface area (Å²) in [5.74, 6) is 0. The van der Waals surface area contributed by atoms with Gasteiger partial charge in [-0.15, -0.1) is 11.3 Å². The molecule has 4 aromatic heterocycles. The fourth-order valence-corrected chi connectivity index (χ4v) is 9.52. The second-order valence-corrected chi connectivity index (χ2v) is 15.0. The van der Waals surface area contributed by atoms with Crippen LogP contribution in [0.25, 0.3) is 103 Å². The van der Waals surface area contributed by atoms with Crippen molar-refractivity contribution < 1.29 is 0 Å². The van der Waals surface area contributed by atoms with Crippen LogP contribution < -0.4 is 0 Å². The van der Waals surface area contributed by atoms with Gasteiger partial charge in [-0.1, -0.05) is 158 Å². The third-order valence-corrected chi connectivity index (χ3v) is 11.9. The van der Waals surface area contributed by atoms with E-state index in [9.17, 15) is 0 Å². The van der Waals surface area contributed by atoms with Crippen molar-refractivity contribution in [3.05, 3.63) is 194 Å². The predicted octanol–water partition coefficient (Wildman–Crippen LogP) is 14.3. The maximum absolute atomic E-state index is 5.13. The lowest BCUT2D eigenvalue weighted by Gasteiger charge is -2.13. The zero-order chi connectivity index (χ0) is 35.6. The van der Waals surface area contributed by atoms with Gasteiger partial charge in [-0.05, 0) is 69.6 Å². The van der Waals surface area contributed by atoms with Gasteiger partial charge >= 0.3 is 0 Å². The molecular formula is C51H32N2S. The summed E-state index contributed by atoms with van der Waals surface area (Å²) in [6.07, 6.45) is 0. The first-order chi connectivity index (χ1) is 26.8. The van der Waals surface area contributed by atoms with Crippen LogP contribution in [0.3, 0.4) is 0 Å². The molecular weight excluding hydrogens is 673 g/mol. The highest BCUT2D eigenvalue weighted by Gasteiger charge is 2.22. The fourth-order valence-electron chi connectivity index (χ4n) is 8.28. The smallest absolute Gasteiger partial charge is 0.109 e. The number of nitrogens with zero attached hydrogens (tertiary/aromatic N) is 2. The summed E-state index contributed by atoms with van der Waals surface area (Å²) in [5.41, 5.74) is 13.8. The molecule has 0 bridgehead atoms. The Morgan fingerprint density at radius 2 is 0.926 bits per heavy atom. The topological polar surface area (TPSA) is 17.3 Å². The lowest BCUT2D eigenvalue weighted by Crippen LogP contribution is -1.92. The van der Waals surface area contributed by atoms with Gasteiger partial charge in [0.15, 0.2) is 0 Å². The van der Waals surface area contributed by atoms with E-state index in [-0.39, 0.29) is 0 Å². The molecule has 3 heteroatoms. The van der Waals surface area contributed by atoms with E-state index in [0.29, 0.717) is 0 Å². The molecule has 0 atom stereocenters. The van der Waals surface area contributed by atoms with E-state index in [0.717, 1.165) is 33.6 Å². The van der Waals surface area contributed by atoms with Crippen molar-refractivity contribution in [1.82, 2.24) is 9.38 Å². The SMILES string of the molecule is c1ccc(-c2cc(-c3cccc(-c4ccc5c(c4)c4c6ccccc6sc4n4c6ccccc6c(-c6ccccc6)c54)c3)cc(-c3ccccc3)n2)cc1. The minimum Gasteiger partial charge on any atom is -0.299 e. The summed E-state index contributed by atoms with van der Waals surface area (Å²) in [6.45, 7) is 0. The molecule has 0 aliphatic rings. The normalized spacial score (nSPS) is 11.7. The molecule has 0 aliphatic carbocycles. The molecule has 11 aromatic rings. The summed E-state index contributed by atoms with van der Waals surface area (Å²) in [7, 11) is 0. The molecule has 4 heterocycles. The zero-order valence-corrected chi connectivity index (χ0v) is 30.1. The number of pyridine rings is 2. The van der Waals surface area contributed by atoms with Crippen LogP contribution in [0.1, 0.15) is 0 Å². The van der Waals surface area contributed by atoms with Gasteiger partial charge in [0.25, 0.3) is 0 Å². The van der Waals surface area contributed by atoms with Gasteiger partial charge in [-0.2, -0.15) is 0 Å². The Kier molecular flexibility index (Phi) is 7.07. The molecule has 0 radical (unpaired) electrons. The fraction of sp³-hybridized carbons (Fsp3) is 0. The van der Waals surface area contributed by atoms with Gasteiger partial charge in [0.2, 0.25) is 0 Å². The first-order valence-corrected chi connectivity index (χ1v) is 19.2. The van der Waals surface area contributed by atoms with E-state index in [1.165, 1.54) is 69.7 Å². The lowest BCUT2D eigenvalue weighted by atomic mass is 9.94. The van der Waals surface area contributed by atoms with Gasteiger partial charge in [-0.25, -0.2) is 4.98 Å². The summed E-state index contributed by atoms with van der Waals surface area (Å²) in [5, 5.41) is 6.42. The van der Waals surface area contributed by atoms with E-state index >= 15 is 0 Å². The number of fused-ring (bicyclic) bond motifs is 10. The average molecular weight is 705 g/mol. The zero-order valence-electron chi connectivity index (χ0n) is 29.3. The standard InChI is InChI=1S/C51H32N2S/c1-4-15-33(16-5-1)44-31-39(32-45(52-44)34-17-6-2-7-18-34)37-22-14-21-36(29-37)38-27-28-40-43(30-38)49-42-24-11-13-26-47(42)54-51(49)53-46-25-12-10-23-41(46)48(50(40)53)35-19-8-3-9-20-35/h1-32H. The van der Waals surface area contributed by atoms with Crippen LogP contribution in [0.2, 0.25) is 0 Å². The molecule has 7 aromatic carbocycles. The van der Waals surface area contributed by atoms with Crippen molar-refractivity contribution >= 4 is 58.8 Å². The first kappa shape index (κ1) is 30.8. The third-order valence-electron chi connectivity index (χ3n) is 10.8. The first-order valence-electron chi connectivity index (χ1n) is 18.4. The summed E-state index contributed by atoms with van der Waals surface area (Å²) >= 11 is 1.89. The Balaban J connectivity index is 1.16. The van der Waals surface area contributed by atoms with Crippen LogP contribution in [-0.2, 0) is 0 Å². The number of benzene rings is 7. The van der Waals surface area contributed by atoms with Crippen molar-refractivity contribution in [1.29, 1.82) is 0 Å². The Bertz CT molecular complexity index is 3140. The van der Waals surface area contributed by atoms with E-state index < -0.39 is 0 Å². The highest BCUT2D eigenvalue weighted by molar-refractivity contribution is 7.25. The minimum atomic E-state index is 0.965. The van der Waals surface area contributed by atoms with E-state index in [2.05, 4.69) is 199 Å². The molecule has 11 rings (SSSR count). The van der Waals surface area contributed by atoms with Gasteiger partial charge in [-0.3, -0.25) is 4.40 Å². The highest BCUT2D eigenvalue weighted by Crippen LogP contribution is 2.47. The maximum atomic E-state index is 5.13. The Hall–Kier alpha value is -6.81. The molecule has 0 fully saturated rings. The van der Waals surface area contributed by atoms with Gasteiger partial charge < -0.3 is 0 Å². The van der Waals surface area contributed by atoms with Crippen LogP contribution in [-0.4, -0.2) is 9.38 Å². The average Bonchev–Trinajstić information content (AvgIpc) is 3.81. The Morgan fingerprint density at radius 1 is 0.370 bits per heavy atom. The van der Waals surface area contributed by atoms with Crippen molar-refractivity contribution in [2.75, 3.05) is 0 Å². The van der Waals surface area contributed by atoms with Crippen molar-refractivity contribution in [2.45, 2.75) is 0 Å². The van der Waals surface area contributed by atoms with Crippen LogP contribution in [0, 0.1) is 0 Å². The summed E-state index contributed by atoms with van der Waals surface area (Å²) < 4.78 is 3.83. The maximum Gasteiger partial charge on any atom is 0.109 e. The predicted molar refractivity (Wildman–Crippen MR) is 230 cm³/mol. The van der Waals surface area contributed by atoms with Gasteiger partial charge in [0.1, 0.15) is 4.83 Å². The molecule has 0 unspecified atom stereocenters. The van der Waals surface area contributed by atoms with E-state index in [1.807, 2.05) is 11.3 Å². The van der Waals surface area contributed by atoms with Gasteiger partial charge in [0.05, 0.1) is 22.4 Å². The van der Waals surface area contributed by atoms with Gasteiger partial charge in [0, 0.05) is 42.9 Å². The Morgan fingerprint density at radius 3 is 1.63 bits per heavy atom. The number of rotatable bonds is 5. The molecule has 0 amide bonds. The molecule has 54 heavy (non-hydrogen) atoms. The van der Waals surface area contributed by atoms with Crippen LogP contribution in [0.4, 0.5) is 0 Å². The lowest BCUT2D eigenvalue weighted by molar-refractivity contribution is 1.32. The molecule has 0 aliphatic heterocycles. The molecule has 252 valence electrons. The van der Waals surface area contributed by atoms with Crippen LogP contribution >= 0.6 is 11.3 Å². The number of aromatic nitrogens is 2. The highest BCUT2D eigenvalue weighted by atomic mass is 32.1. The number of hydrogen-bond acceptors (Lipinski definition) is 2. The van der Waals surface area contributed by atoms with Crippen molar-refractivity contribution in [3.8, 4) is 55.9 Å². The van der Waals surface area contributed by atoms with E-state index in [1.54, 1.807) is 0 Å². The number of thiophene rings is 1. The minimum absolute atomic E-state index is 0.965. The monoisotopic (exact) mass is 704 g/mol. The quantitative estimate of drug-likeness (QED) is 0.174. The second kappa shape index (κ2) is 12.4. The van der Waals surface area contributed by atoms with Crippen molar-refractivity contribution in [3.63, 3.8) is 0 Å². The second-order valence-electron chi connectivity index (χ2n) is 13.9. The number of para-hydroxylation sites is 1. The molecule has 0 N–H and O–H groups in total.